The van der Waals surface area contributed by atoms with Crippen LogP contribution in [0.2, 0.25) is 5.02 Å². The molecule has 2 aliphatic heterocycles. The number of rotatable bonds is 5. The van der Waals surface area contributed by atoms with Gasteiger partial charge in [-0.15, -0.1) is 0 Å². The molecule has 1 saturated heterocycles. The summed E-state index contributed by atoms with van der Waals surface area (Å²) in [4.78, 5) is 8.47. The molecule has 0 radical (unpaired) electrons. The van der Waals surface area contributed by atoms with Crippen molar-refractivity contribution < 1.29 is 0 Å². The first-order valence-corrected chi connectivity index (χ1v) is 11.2. The third kappa shape index (κ3) is 3.94. The van der Waals surface area contributed by atoms with Gasteiger partial charge in [-0.2, -0.15) is 0 Å². The summed E-state index contributed by atoms with van der Waals surface area (Å²) in [6.45, 7) is 4.64. The zero-order valence-corrected chi connectivity index (χ0v) is 17.5. The lowest BCUT2D eigenvalue weighted by molar-refractivity contribution is 0.211. The highest BCUT2D eigenvalue weighted by atomic mass is 35.5. The van der Waals surface area contributed by atoms with Crippen molar-refractivity contribution in [1.29, 1.82) is 0 Å². The number of allylic oxidation sites excluding steroid dienone is 1. The monoisotopic (exact) mass is 405 g/mol. The lowest BCUT2D eigenvalue weighted by atomic mass is 9.89. The molecule has 4 heteroatoms. The van der Waals surface area contributed by atoms with Crippen LogP contribution in [-0.2, 0) is 6.42 Å². The number of fused-ring (bicyclic) bond motifs is 2. The second kappa shape index (κ2) is 8.25. The highest BCUT2D eigenvalue weighted by molar-refractivity contribution is 6.31. The Bertz CT molecular complexity index is 1010. The summed E-state index contributed by atoms with van der Waals surface area (Å²) in [5.41, 5.74) is 5.46. The number of nitrogens with zero attached hydrogens (tertiary/aromatic N) is 2. The van der Waals surface area contributed by atoms with Gasteiger partial charge in [-0.05, 0) is 86.6 Å². The normalized spacial score (nSPS) is 17.8. The van der Waals surface area contributed by atoms with Gasteiger partial charge in [-0.1, -0.05) is 35.9 Å². The van der Waals surface area contributed by atoms with Gasteiger partial charge in [0.25, 0.3) is 0 Å². The molecule has 0 unspecified atom stereocenters. The minimum atomic E-state index is 0.635. The molecule has 0 aliphatic carbocycles. The summed E-state index contributed by atoms with van der Waals surface area (Å²) in [7, 11) is 0. The number of halogens is 1. The average Bonchev–Trinajstić information content (AvgIpc) is 3.17. The summed E-state index contributed by atoms with van der Waals surface area (Å²) in [5, 5.41) is 2.12. The molecule has 1 fully saturated rings. The lowest BCUT2D eigenvalue weighted by Gasteiger charge is -2.33. The van der Waals surface area contributed by atoms with Crippen molar-refractivity contribution in [2.24, 2.45) is 0 Å². The highest BCUT2D eigenvalue weighted by Gasteiger charge is 2.23. The van der Waals surface area contributed by atoms with Crippen LogP contribution in [0.1, 0.15) is 36.3 Å². The van der Waals surface area contributed by atoms with Gasteiger partial charge in [0.2, 0.25) is 0 Å². The van der Waals surface area contributed by atoms with Crippen LogP contribution in [-0.4, -0.2) is 36.1 Å². The summed E-state index contributed by atoms with van der Waals surface area (Å²) in [5.74, 6) is 0.635. The molecule has 0 spiro atoms. The molecule has 2 aromatic carbocycles. The number of hydrogen-bond donors (Lipinski definition) is 1. The molecule has 0 amide bonds. The van der Waals surface area contributed by atoms with Crippen LogP contribution >= 0.6 is 11.6 Å². The Morgan fingerprint density at radius 3 is 2.79 bits per heavy atom. The maximum atomic E-state index is 6.23. The van der Waals surface area contributed by atoms with Crippen molar-refractivity contribution in [3.63, 3.8) is 0 Å². The van der Waals surface area contributed by atoms with Crippen LogP contribution in [0.4, 0.5) is 5.69 Å². The Balaban J connectivity index is 1.14. The Morgan fingerprint density at radius 1 is 1.03 bits per heavy atom. The summed E-state index contributed by atoms with van der Waals surface area (Å²) in [6.07, 6.45) is 11.4. The Kier molecular flexibility index (Phi) is 5.34. The van der Waals surface area contributed by atoms with E-state index in [9.17, 15) is 0 Å². The number of aromatic amines is 1. The lowest BCUT2D eigenvalue weighted by Crippen LogP contribution is -2.35. The quantitative estimate of drug-likeness (QED) is 0.565. The SMILES string of the molecule is Clc1ccc2[nH]cc(C3CCN(CCCN4C=CCc5ccccc54)CC3)c2c1. The van der Waals surface area contributed by atoms with E-state index in [4.69, 9.17) is 11.6 Å². The number of para-hydroxylation sites is 1. The predicted octanol–water partition coefficient (Wildman–Crippen LogP) is 5.97. The Morgan fingerprint density at radius 2 is 1.90 bits per heavy atom. The van der Waals surface area contributed by atoms with Gasteiger partial charge in [-0.25, -0.2) is 0 Å². The van der Waals surface area contributed by atoms with Gasteiger partial charge in [0.15, 0.2) is 0 Å². The van der Waals surface area contributed by atoms with E-state index in [1.165, 1.54) is 66.6 Å². The first-order valence-electron chi connectivity index (χ1n) is 10.8. The van der Waals surface area contributed by atoms with E-state index in [-0.39, 0.29) is 0 Å². The molecule has 3 nitrogen and oxygen atoms in total. The van der Waals surface area contributed by atoms with Crippen LogP contribution in [0.3, 0.4) is 0 Å². The van der Waals surface area contributed by atoms with Gasteiger partial charge in [0.1, 0.15) is 0 Å². The van der Waals surface area contributed by atoms with Crippen LogP contribution in [0, 0.1) is 0 Å². The first-order chi connectivity index (χ1) is 14.3. The summed E-state index contributed by atoms with van der Waals surface area (Å²) >= 11 is 6.23. The number of anilines is 1. The Labute approximate surface area is 178 Å². The number of benzene rings is 2. The van der Waals surface area contributed by atoms with Crippen LogP contribution in [0.5, 0.6) is 0 Å². The molecule has 0 atom stereocenters. The van der Waals surface area contributed by atoms with Gasteiger partial charge in [0, 0.05) is 40.6 Å². The first kappa shape index (κ1) is 18.8. The second-order valence-electron chi connectivity index (χ2n) is 8.31. The summed E-state index contributed by atoms with van der Waals surface area (Å²) in [6, 6.07) is 14.9. The molecule has 150 valence electrons. The maximum Gasteiger partial charge on any atom is 0.0457 e. The van der Waals surface area contributed by atoms with Crippen molar-refractivity contribution in [2.75, 3.05) is 31.1 Å². The van der Waals surface area contributed by atoms with Crippen molar-refractivity contribution >= 4 is 28.2 Å². The largest absolute Gasteiger partial charge is 0.361 e. The van der Waals surface area contributed by atoms with Gasteiger partial charge < -0.3 is 14.8 Å². The molecule has 0 bridgehead atoms. The van der Waals surface area contributed by atoms with Crippen LogP contribution in [0.15, 0.2) is 60.9 Å². The highest BCUT2D eigenvalue weighted by Crippen LogP contribution is 2.34. The van der Waals surface area contributed by atoms with E-state index < -0.39 is 0 Å². The fourth-order valence-corrected chi connectivity index (χ4v) is 5.10. The van der Waals surface area contributed by atoms with E-state index in [0.717, 1.165) is 18.0 Å². The zero-order valence-electron chi connectivity index (χ0n) is 16.8. The maximum absolute atomic E-state index is 6.23. The van der Waals surface area contributed by atoms with Crippen molar-refractivity contribution in [3.8, 4) is 0 Å². The third-order valence-corrected chi connectivity index (χ3v) is 6.74. The Hall–Kier alpha value is -2.23. The minimum absolute atomic E-state index is 0.635. The third-order valence-electron chi connectivity index (χ3n) is 6.50. The predicted molar refractivity (Wildman–Crippen MR) is 123 cm³/mol. The molecule has 29 heavy (non-hydrogen) atoms. The fourth-order valence-electron chi connectivity index (χ4n) is 4.93. The second-order valence-corrected chi connectivity index (χ2v) is 8.75. The number of piperidine rings is 1. The standard InChI is InChI=1S/C25H28ClN3/c26-21-8-9-24-22(17-21)23(18-27-24)19-10-15-28(16-11-19)12-4-14-29-13-3-6-20-5-1-2-7-25(20)29/h1-3,5,7-9,13,17-19,27H,4,6,10-12,14-16H2. The fraction of sp³-hybridized carbons (Fsp3) is 0.360. The number of likely N-dealkylation sites (tertiary alicyclic amines) is 1. The van der Waals surface area contributed by atoms with Crippen molar-refractivity contribution in [1.82, 2.24) is 9.88 Å². The van der Waals surface area contributed by atoms with Gasteiger partial charge in [-0.3, -0.25) is 0 Å². The van der Waals surface area contributed by atoms with Crippen LogP contribution < -0.4 is 4.90 Å². The summed E-state index contributed by atoms with van der Waals surface area (Å²) < 4.78 is 0. The van der Waals surface area contributed by atoms with Crippen LogP contribution in [0.25, 0.3) is 10.9 Å². The van der Waals surface area contributed by atoms with Crippen molar-refractivity contribution in [3.05, 3.63) is 77.1 Å². The zero-order chi connectivity index (χ0) is 19.6. The van der Waals surface area contributed by atoms with Crippen molar-refractivity contribution in [2.45, 2.75) is 31.6 Å². The average molecular weight is 406 g/mol. The number of hydrogen-bond acceptors (Lipinski definition) is 2. The molecule has 0 saturated carbocycles. The number of nitrogens with one attached hydrogen (secondary N) is 1. The van der Waals surface area contributed by atoms with E-state index in [1.807, 2.05) is 6.07 Å². The topological polar surface area (TPSA) is 22.3 Å². The van der Waals surface area contributed by atoms with E-state index >= 15 is 0 Å². The minimum Gasteiger partial charge on any atom is -0.361 e. The molecular weight excluding hydrogens is 378 g/mol. The molecule has 1 aromatic heterocycles. The van der Waals surface area contributed by atoms with E-state index in [2.05, 4.69) is 69.7 Å². The molecule has 5 rings (SSSR count). The molecule has 3 heterocycles. The number of aromatic nitrogens is 1. The smallest absolute Gasteiger partial charge is 0.0457 e. The molecular formula is C25H28ClN3. The molecule has 2 aliphatic rings. The molecule has 1 N–H and O–H groups in total. The van der Waals surface area contributed by atoms with E-state index in [1.54, 1.807) is 0 Å². The van der Waals surface area contributed by atoms with Gasteiger partial charge in [0.05, 0.1) is 0 Å². The molecule has 3 aromatic rings. The number of H-pyrrole nitrogens is 1. The van der Waals surface area contributed by atoms with Gasteiger partial charge >= 0.3 is 0 Å². The van der Waals surface area contributed by atoms with E-state index in [0.29, 0.717) is 5.92 Å².